The Bertz CT molecular complexity index is 241. The van der Waals surface area contributed by atoms with Gasteiger partial charge in [0.25, 0.3) is 3.91 Å². The zero-order valence-corrected chi connectivity index (χ0v) is 11.3. The lowest BCUT2D eigenvalue weighted by Crippen LogP contribution is -2.51. The Hall–Kier alpha value is 0.160. The maximum absolute atomic E-state index is 10.9. The van der Waals surface area contributed by atoms with Crippen LogP contribution in [0.1, 0.15) is 38.5 Å². The molecule has 2 fully saturated rings. The summed E-state index contributed by atoms with van der Waals surface area (Å²) in [6.45, 7) is 0. The standard InChI is InChI=1S/C11H19IN2O/c1-13-9-6-11(7-9)4-2-8(3-5-11)14-10(12)15/h8-9,13H,2-7H2,1H3,(H,14,15). The highest BCUT2D eigenvalue weighted by Gasteiger charge is 2.45. The van der Waals surface area contributed by atoms with Gasteiger partial charge in [0.05, 0.1) is 0 Å². The van der Waals surface area contributed by atoms with Crippen molar-refractivity contribution in [1.82, 2.24) is 10.6 Å². The Morgan fingerprint density at radius 2 is 1.87 bits per heavy atom. The SMILES string of the molecule is CNC1CC2(CCC(NC(=O)I)CC2)C1. The molecule has 1 amide bonds. The Labute approximate surface area is 105 Å². The molecule has 86 valence electrons. The molecule has 2 saturated carbocycles. The van der Waals surface area contributed by atoms with Crippen LogP contribution >= 0.6 is 22.6 Å². The van der Waals surface area contributed by atoms with E-state index in [4.69, 9.17) is 0 Å². The number of carbonyl (C=O) groups excluding carboxylic acids is 1. The van der Waals surface area contributed by atoms with Crippen molar-refractivity contribution in [1.29, 1.82) is 0 Å². The van der Waals surface area contributed by atoms with Crippen LogP contribution in [0.2, 0.25) is 0 Å². The third kappa shape index (κ3) is 2.64. The van der Waals surface area contributed by atoms with Crippen LogP contribution in [-0.2, 0) is 0 Å². The second-order valence-corrected chi connectivity index (χ2v) is 6.07. The zero-order chi connectivity index (χ0) is 10.9. The van der Waals surface area contributed by atoms with Crippen LogP contribution in [0.3, 0.4) is 0 Å². The van der Waals surface area contributed by atoms with E-state index in [1.54, 1.807) is 0 Å². The van der Waals surface area contributed by atoms with Gasteiger partial charge in [0, 0.05) is 34.7 Å². The molecule has 3 nitrogen and oxygen atoms in total. The van der Waals surface area contributed by atoms with Crippen LogP contribution < -0.4 is 10.6 Å². The van der Waals surface area contributed by atoms with Crippen LogP contribution in [0.5, 0.6) is 0 Å². The number of hydrogen-bond donors (Lipinski definition) is 2. The lowest BCUT2D eigenvalue weighted by Gasteiger charge is -2.51. The van der Waals surface area contributed by atoms with Gasteiger partial charge in [-0.1, -0.05) is 0 Å². The molecule has 2 rings (SSSR count). The Balaban J connectivity index is 1.76. The van der Waals surface area contributed by atoms with Crippen molar-refractivity contribution in [2.75, 3.05) is 7.05 Å². The average molecular weight is 322 g/mol. The highest BCUT2D eigenvalue weighted by atomic mass is 127. The van der Waals surface area contributed by atoms with E-state index in [-0.39, 0.29) is 3.91 Å². The van der Waals surface area contributed by atoms with E-state index >= 15 is 0 Å². The number of halogens is 1. The van der Waals surface area contributed by atoms with E-state index in [0.717, 1.165) is 6.04 Å². The summed E-state index contributed by atoms with van der Waals surface area (Å²) in [5, 5.41) is 6.37. The molecule has 0 bridgehead atoms. The fraction of sp³-hybridized carbons (Fsp3) is 0.909. The first kappa shape index (κ1) is 11.6. The average Bonchev–Trinajstić information content (AvgIpc) is 2.15. The summed E-state index contributed by atoms with van der Waals surface area (Å²) >= 11 is 1.83. The molecule has 15 heavy (non-hydrogen) atoms. The summed E-state index contributed by atoms with van der Waals surface area (Å²) in [5.74, 6) is 0. The van der Waals surface area contributed by atoms with Gasteiger partial charge in [-0.3, -0.25) is 4.79 Å². The van der Waals surface area contributed by atoms with Crippen molar-refractivity contribution in [3.63, 3.8) is 0 Å². The Kier molecular flexibility index (Phi) is 3.55. The van der Waals surface area contributed by atoms with Crippen LogP contribution in [0, 0.1) is 5.41 Å². The fourth-order valence-electron chi connectivity index (χ4n) is 3.13. The van der Waals surface area contributed by atoms with Crippen LogP contribution in [0.15, 0.2) is 0 Å². The third-order valence-electron chi connectivity index (χ3n) is 4.13. The lowest BCUT2D eigenvalue weighted by molar-refractivity contribution is 0.0338. The highest BCUT2D eigenvalue weighted by molar-refractivity contribution is 14.1. The van der Waals surface area contributed by atoms with Crippen molar-refractivity contribution in [2.45, 2.75) is 50.6 Å². The van der Waals surface area contributed by atoms with Gasteiger partial charge >= 0.3 is 0 Å². The number of nitrogens with one attached hydrogen (secondary N) is 2. The molecule has 0 atom stereocenters. The normalized spacial score (nSPS) is 39.9. The van der Waals surface area contributed by atoms with E-state index < -0.39 is 0 Å². The highest BCUT2D eigenvalue weighted by Crippen LogP contribution is 2.51. The van der Waals surface area contributed by atoms with E-state index in [2.05, 4.69) is 17.7 Å². The van der Waals surface area contributed by atoms with Crippen molar-refractivity contribution in [3.05, 3.63) is 0 Å². The molecular weight excluding hydrogens is 303 g/mol. The largest absolute Gasteiger partial charge is 0.345 e. The molecule has 1 spiro atoms. The second-order valence-electron chi connectivity index (χ2n) is 5.09. The van der Waals surface area contributed by atoms with Gasteiger partial charge in [-0.05, 0) is 51.0 Å². The van der Waals surface area contributed by atoms with Crippen molar-refractivity contribution in [2.24, 2.45) is 5.41 Å². The molecule has 0 heterocycles. The Morgan fingerprint density at radius 1 is 1.27 bits per heavy atom. The molecule has 0 radical (unpaired) electrons. The minimum atomic E-state index is 0.0928. The molecule has 0 aromatic rings. The molecule has 0 unspecified atom stereocenters. The van der Waals surface area contributed by atoms with E-state index in [0.29, 0.717) is 11.5 Å². The number of rotatable bonds is 2. The number of hydrogen-bond acceptors (Lipinski definition) is 2. The number of carbonyl (C=O) groups is 1. The minimum Gasteiger partial charge on any atom is -0.345 e. The van der Waals surface area contributed by atoms with Gasteiger partial charge in [-0.15, -0.1) is 0 Å². The van der Waals surface area contributed by atoms with Crippen molar-refractivity contribution >= 4 is 26.5 Å². The predicted octanol–water partition coefficient (Wildman–Crippen LogP) is 2.44. The van der Waals surface area contributed by atoms with Gasteiger partial charge in [0.1, 0.15) is 0 Å². The van der Waals surface area contributed by atoms with Crippen LogP contribution in [-0.4, -0.2) is 23.0 Å². The smallest absolute Gasteiger partial charge is 0.280 e. The lowest BCUT2D eigenvalue weighted by atomic mass is 9.58. The summed E-state index contributed by atoms with van der Waals surface area (Å²) < 4.78 is 0.0928. The first-order chi connectivity index (χ1) is 7.13. The summed E-state index contributed by atoms with van der Waals surface area (Å²) in [6, 6.07) is 1.19. The maximum atomic E-state index is 10.9. The summed E-state index contributed by atoms with van der Waals surface area (Å²) in [5.41, 5.74) is 0.625. The Morgan fingerprint density at radius 3 is 2.33 bits per heavy atom. The van der Waals surface area contributed by atoms with E-state index in [1.165, 1.54) is 38.5 Å². The molecular formula is C11H19IN2O. The van der Waals surface area contributed by atoms with E-state index in [9.17, 15) is 4.79 Å². The monoisotopic (exact) mass is 322 g/mol. The molecule has 0 saturated heterocycles. The van der Waals surface area contributed by atoms with Crippen molar-refractivity contribution in [3.8, 4) is 0 Å². The molecule has 2 N–H and O–H groups in total. The fourth-order valence-corrected chi connectivity index (χ4v) is 3.57. The molecule has 2 aliphatic carbocycles. The van der Waals surface area contributed by atoms with E-state index in [1.807, 2.05) is 22.6 Å². The summed E-state index contributed by atoms with van der Waals surface area (Å²) in [6.07, 6.45) is 7.62. The van der Waals surface area contributed by atoms with Crippen molar-refractivity contribution < 1.29 is 4.79 Å². The molecule has 2 aliphatic rings. The van der Waals surface area contributed by atoms with Gasteiger partial charge in [0.15, 0.2) is 0 Å². The molecule has 4 heteroatoms. The predicted molar refractivity (Wildman–Crippen MR) is 69.3 cm³/mol. The van der Waals surface area contributed by atoms with Gasteiger partial charge in [-0.25, -0.2) is 0 Å². The summed E-state index contributed by atoms with van der Waals surface area (Å²) in [7, 11) is 2.06. The van der Waals surface area contributed by atoms with Crippen LogP contribution in [0.25, 0.3) is 0 Å². The van der Waals surface area contributed by atoms with Crippen LogP contribution in [0.4, 0.5) is 4.79 Å². The topological polar surface area (TPSA) is 41.1 Å². The minimum absolute atomic E-state index is 0.0928. The quantitative estimate of drug-likeness (QED) is 0.466. The van der Waals surface area contributed by atoms with Gasteiger partial charge in [-0.2, -0.15) is 0 Å². The first-order valence-electron chi connectivity index (χ1n) is 5.77. The molecule has 0 aromatic carbocycles. The summed E-state index contributed by atoms with van der Waals surface area (Å²) in [4.78, 5) is 10.9. The maximum Gasteiger partial charge on any atom is 0.280 e. The molecule has 0 aliphatic heterocycles. The van der Waals surface area contributed by atoms with Gasteiger partial charge < -0.3 is 10.6 Å². The first-order valence-corrected chi connectivity index (χ1v) is 6.85. The number of amides is 1. The molecule has 0 aromatic heterocycles. The third-order valence-corrected chi connectivity index (χ3v) is 4.44. The van der Waals surface area contributed by atoms with Gasteiger partial charge in [0.2, 0.25) is 0 Å². The second kappa shape index (κ2) is 4.57. The zero-order valence-electron chi connectivity index (χ0n) is 9.18.